The summed E-state index contributed by atoms with van der Waals surface area (Å²) in [6.45, 7) is 7.29. The average molecular weight is 367 g/mol. The van der Waals surface area contributed by atoms with Crippen LogP contribution in [0.25, 0.3) is 0 Å². The first kappa shape index (κ1) is 19.2. The first-order chi connectivity index (χ1) is 13.0. The maximum Gasteiger partial charge on any atom is 0.245 e. The van der Waals surface area contributed by atoms with Crippen LogP contribution in [-0.2, 0) is 17.8 Å². The second kappa shape index (κ2) is 8.44. The van der Waals surface area contributed by atoms with Gasteiger partial charge in [0.2, 0.25) is 5.91 Å². The standard InChI is InChI=1S/C22H29N3O2/c1-22(2,24-19-8-10-20(27-3)11-9-19)21(26)23-13-15-25-14-12-17-6-4-5-7-18(17)16-25/h4-11,24H,12-16H2,1-3H3,(H,23,26). The van der Waals surface area contributed by atoms with Crippen LogP contribution in [0, 0.1) is 0 Å². The van der Waals surface area contributed by atoms with Gasteiger partial charge in [0, 0.05) is 31.9 Å². The van der Waals surface area contributed by atoms with Crippen molar-refractivity contribution in [2.75, 3.05) is 32.1 Å². The summed E-state index contributed by atoms with van der Waals surface area (Å²) < 4.78 is 5.17. The normalized spacial score (nSPS) is 14.3. The van der Waals surface area contributed by atoms with E-state index in [2.05, 4.69) is 39.8 Å². The van der Waals surface area contributed by atoms with Crippen LogP contribution in [-0.4, -0.2) is 43.1 Å². The maximum atomic E-state index is 12.6. The van der Waals surface area contributed by atoms with Crippen molar-refractivity contribution in [3.8, 4) is 5.75 Å². The fourth-order valence-corrected chi connectivity index (χ4v) is 3.39. The van der Waals surface area contributed by atoms with Crippen LogP contribution >= 0.6 is 0 Å². The lowest BCUT2D eigenvalue weighted by Gasteiger charge is -2.30. The zero-order valence-corrected chi connectivity index (χ0v) is 16.4. The first-order valence-electron chi connectivity index (χ1n) is 9.47. The Bertz CT molecular complexity index is 771. The smallest absolute Gasteiger partial charge is 0.245 e. The molecule has 1 aliphatic rings. The third kappa shape index (κ3) is 5.01. The van der Waals surface area contributed by atoms with E-state index in [1.54, 1.807) is 7.11 Å². The first-order valence-corrected chi connectivity index (χ1v) is 9.47. The summed E-state index contributed by atoms with van der Waals surface area (Å²) >= 11 is 0. The van der Waals surface area contributed by atoms with Crippen LogP contribution in [0.3, 0.4) is 0 Å². The molecule has 2 N–H and O–H groups in total. The monoisotopic (exact) mass is 367 g/mol. The highest BCUT2D eigenvalue weighted by Gasteiger charge is 2.27. The lowest BCUT2D eigenvalue weighted by molar-refractivity contribution is -0.124. The molecule has 3 rings (SSSR count). The molecular formula is C22H29N3O2. The number of fused-ring (bicyclic) bond motifs is 1. The molecule has 0 spiro atoms. The molecule has 0 bridgehead atoms. The number of nitrogens with one attached hydrogen (secondary N) is 2. The van der Waals surface area contributed by atoms with E-state index in [9.17, 15) is 4.79 Å². The number of benzene rings is 2. The van der Waals surface area contributed by atoms with Crippen molar-refractivity contribution < 1.29 is 9.53 Å². The summed E-state index contributed by atoms with van der Waals surface area (Å²) in [6, 6.07) is 16.2. The van der Waals surface area contributed by atoms with Gasteiger partial charge in [-0.05, 0) is 55.7 Å². The molecule has 0 atom stereocenters. The molecule has 2 aromatic rings. The summed E-state index contributed by atoms with van der Waals surface area (Å²) in [5.74, 6) is 0.793. The second-order valence-corrected chi connectivity index (χ2v) is 7.53. The Kier molecular flexibility index (Phi) is 6.01. The zero-order chi connectivity index (χ0) is 19.3. The van der Waals surface area contributed by atoms with Crippen LogP contribution in [0.2, 0.25) is 0 Å². The minimum absolute atomic E-state index is 0.00396. The lowest BCUT2D eigenvalue weighted by Crippen LogP contribution is -2.49. The van der Waals surface area contributed by atoms with Crippen molar-refractivity contribution in [3.05, 3.63) is 59.7 Å². The molecule has 0 saturated heterocycles. The minimum Gasteiger partial charge on any atom is -0.497 e. The molecule has 0 unspecified atom stereocenters. The Hall–Kier alpha value is -2.53. The summed E-state index contributed by atoms with van der Waals surface area (Å²) in [7, 11) is 1.64. The van der Waals surface area contributed by atoms with Crippen molar-refractivity contribution in [2.45, 2.75) is 32.4 Å². The second-order valence-electron chi connectivity index (χ2n) is 7.53. The van der Waals surface area contributed by atoms with Gasteiger partial charge in [0.1, 0.15) is 11.3 Å². The molecule has 0 aliphatic carbocycles. The molecule has 0 radical (unpaired) electrons. The molecule has 27 heavy (non-hydrogen) atoms. The Morgan fingerprint density at radius 3 is 2.52 bits per heavy atom. The summed E-state index contributed by atoms with van der Waals surface area (Å²) in [4.78, 5) is 15.0. The van der Waals surface area contributed by atoms with Crippen molar-refractivity contribution in [1.82, 2.24) is 10.2 Å². The predicted octanol–water partition coefficient (Wildman–Crippen LogP) is 3.06. The van der Waals surface area contributed by atoms with E-state index >= 15 is 0 Å². The van der Waals surface area contributed by atoms with Gasteiger partial charge in [-0.1, -0.05) is 24.3 Å². The number of amides is 1. The largest absolute Gasteiger partial charge is 0.497 e. The van der Waals surface area contributed by atoms with E-state index in [0.29, 0.717) is 6.54 Å². The summed E-state index contributed by atoms with van der Waals surface area (Å²) in [6.07, 6.45) is 1.08. The number of nitrogens with zero attached hydrogens (tertiary/aromatic N) is 1. The van der Waals surface area contributed by atoms with Gasteiger partial charge in [-0.2, -0.15) is 0 Å². The maximum absolute atomic E-state index is 12.6. The van der Waals surface area contributed by atoms with Gasteiger partial charge < -0.3 is 15.4 Å². The Morgan fingerprint density at radius 1 is 1.11 bits per heavy atom. The van der Waals surface area contributed by atoms with Gasteiger partial charge in [-0.15, -0.1) is 0 Å². The van der Waals surface area contributed by atoms with E-state index in [4.69, 9.17) is 4.74 Å². The molecule has 5 heteroatoms. The van der Waals surface area contributed by atoms with Crippen molar-refractivity contribution >= 4 is 11.6 Å². The molecule has 1 aliphatic heterocycles. The molecule has 5 nitrogen and oxygen atoms in total. The number of ether oxygens (including phenoxy) is 1. The molecule has 0 saturated carbocycles. The third-order valence-corrected chi connectivity index (χ3v) is 5.04. The number of hydrogen-bond acceptors (Lipinski definition) is 4. The highest BCUT2D eigenvalue weighted by atomic mass is 16.5. The van der Waals surface area contributed by atoms with Crippen molar-refractivity contribution in [3.63, 3.8) is 0 Å². The van der Waals surface area contributed by atoms with Crippen LogP contribution in [0.1, 0.15) is 25.0 Å². The predicted molar refractivity (Wildman–Crippen MR) is 109 cm³/mol. The van der Waals surface area contributed by atoms with Gasteiger partial charge in [-0.3, -0.25) is 9.69 Å². The number of carbonyl (C=O) groups excluding carboxylic acids is 1. The molecule has 2 aromatic carbocycles. The molecule has 0 fully saturated rings. The van der Waals surface area contributed by atoms with Crippen LogP contribution in [0.5, 0.6) is 5.75 Å². The van der Waals surface area contributed by atoms with Gasteiger partial charge in [0.25, 0.3) is 0 Å². The zero-order valence-electron chi connectivity index (χ0n) is 16.4. The molecule has 144 valence electrons. The Morgan fingerprint density at radius 2 is 1.81 bits per heavy atom. The summed E-state index contributed by atoms with van der Waals surface area (Å²) in [5.41, 5.74) is 3.05. The van der Waals surface area contributed by atoms with E-state index in [-0.39, 0.29) is 5.91 Å². The number of methoxy groups -OCH3 is 1. The van der Waals surface area contributed by atoms with Gasteiger partial charge >= 0.3 is 0 Å². The van der Waals surface area contributed by atoms with Crippen LogP contribution in [0.15, 0.2) is 48.5 Å². The molecule has 0 aromatic heterocycles. The van der Waals surface area contributed by atoms with Crippen molar-refractivity contribution in [2.24, 2.45) is 0 Å². The molecule has 1 heterocycles. The highest BCUT2D eigenvalue weighted by molar-refractivity contribution is 5.88. The average Bonchev–Trinajstić information content (AvgIpc) is 2.68. The van der Waals surface area contributed by atoms with Gasteiger partial charge in [-0.25, -0.2) is 0 Å². The fourth-order valence-electron chi connectivity index (χ4n) is 3.39. The van der Waals surface area contributed by atoms with E-state index in [0.717, 1.165) is 37.5 Å². The number of hydrogen-bond donors (Lipinski definition) is 2. The Balaban J connectivity index is 1.46. The quantitative estimate of drug-likeness (QED) is 0.790. The Labute approximate surface area is 161 Å². The third-order valence-electron chi connectivity index (χ3n) is 5.04. The SMILES string of the molecule is COc1ccc(NC(C)(C)C(=O)NCCN2CCc3ccccc3C2)cc1. The topological polar surface area (TPSA) is 53.6 Å². The molecule has 1 amide bonds. The number of carbonyl (C=O) groups is 1. The van der Waals surface area contributed by atoms with Crippen LogP contribution in [0.4, 0.5) is 5.69 Å². The lowest BCUT2D eigenvalue weighted by atomic mass is 10.00. The minimum atomic E-state index is -0.691. The fraction of sp³-hybridized carbons (Fsp3) is 0.409. The number of rotatable bonds is 7. The van der Waals surface area contributed by atoms with Crippen molar-refractivity contribution in [1.29, 1.82) is 0 Å². The molecular weight excluding hydrogens is 338 g/mol. The van der Waals surface area contributed by atoms with Crippen LogP contribution < -0.4 is 15.4 Å². The van der Waals surface area contributed by atoms with Gasteiger partial charge in [0.05, 0.1) is 7.11 Å². The van der Waals surface area contributed by atoms with E-state index in [1.807, 2.05) is 38.1 Å². The van der Waals surface area contributed by atoms with Gasteiger partial charge in [0.15, 0.2) is 0 Å². The highest BCUT2D eigenvalue weighted by Crippen LogP contribution is 2.20. The number of anilines is 1. The van der Waals surface area contributed by atoms with E-state index in [1.165, 1.54) is 11.1 Å². The summed E-state index contributed by atoms with van der Waals surface area (Å²) in [5, 5.41) is 6.36. The van der Waals surface area contributed by atoms with E-state index < -0.39 is 5.54 Å².